The number of aromatic nitrogens is 2. The van der Waals surface area contributed by atoms with Crippen LogP contribution in [-0.4, -0.2) is 26.4 Å². The lowest BCUT2D eigenvalue weighted by molar-refractivity contribution is -0.167. The standard InChI is InChI=1S/C20H31N3O2/c1-13(2)14(3)23-17(4-5-21-23)22-18(24)11-19-7-15-6-16(8-19)10-20(25,9-15)12-19/h4-5,13-16,25H,6-12H2,1-3H3,(H,22,24). The second kappa shape index (κ2) is 5.83. The number of nitrogens with one attached hydrogen (secondary N) is 1. The Kier molecular flexibility index (Phi) is 3.98. The zero-order chi connectivity index (χ0) is 17.8. The molecule has 138 valence electrons. The van der Waals surface area contributed by atoms with Gasteiger partial charge >= 0.3 is 0 Å². The van der Waals surface area contributed by atoms with E-state index in [0.717, 1.165) is 37.9 Å². The summed E-state index contributed by atoms with van der Waals surface area (Å²) in [4.78, 5) is 12.8. The molecule has 4 saturated carbocycles. The zero-order valence-electron chi connectivity index (χ0n) is 15.7. The molecule has 0 aromatic carbocycles. The average molecular weight is 345 g/mol. The molecule has 4 fully saturated rings. The summed E-state index contributed by atoms with van der Waals surface area (Å²) in [5.74, 6) is 2.54. The van der Waals surface area contributed by atoms with Crippen LogP contribution in [0.4, 0.5) is 5.82 Å². The molecule has 1 heterocycles. The van der Waals surface area contributed by atoms with Crippen molar-refractivity contribution in [2.75, 3.05) is 5.32 Å². The van der Waals surface area contributed by atoms with Gasteiger partial charge in [-0.05, 0) is 68.6 Å². The Morgan fingerprint density at radius 2 is 2.00 bits per heavy atom. The van der Waals surface area contributed by atoms with Gasteiger partial charge in [0, 0.05) is 12.5 Å². The maximum Gasteiger partial charge on any atom is 0.226 e. The third-order valence-corrected chi connectivity index (χ3v) is 6.98. The molecule has 1 aromatic rings. The van der Waals surface area contributed by atoms with Crippen LogP contribution in [0.1, 0.15) is 71.8 Å². The van der Waals surface area contributed by atoms with E-state index < -0.39 is 5.60 Å². The molecular weight excluding hydrogens is 314 g/mol. The molecule has 1 amide bonds. The van der Waals surface area contributed by atoms with Crippen LogP contribution in [0.5, 0.6) is 0 Å². The molecule has 0 saturated heterocycles. The van der Waals surface area contributed by atoms with Gasteiger partial charge in [0.25, 0.3) is 0 Å². The summed E-state index contributed by atoms with van der Waals surface area (Å²) in [6, 6.07) is 2.12. The van der Waals surface area contributed by atoms with Crippen molar-refractivity contribution < 1.29 is 9.90 Å². The molecule has 5 nitrogen and oxygen atoms in total. The Bertz CT molecular complexity index is 652. The number of nitrogens with zero attached hydrogens (tertiary/aromatic N) is 2. The highest BCUT2D eigenvalue weighted by atomic mass is 16.3. The predicted octanol–water partition coefficient (Wildman–Crippen LogP) is 3.76. The van der Waals surface area contributed by atoms with Gasteiger partial charge < -0.3 is 10.4 Å². The summed E-state index contributed by atoms with van der Waals surface area (Å²) < 4.78 is 1.91. The van der Waals surface area contributed by atoms with Crippen LogP contribution in [0, 0.1) is 23.2 Å². The van der Waals surface area contributed by atoms with E-state index in [1.54, 1.807) is 6.20 Å². The third-order valence-electron chi connectivity index (χ3n) is 6.98. The van der Waals surface area contributed by atoms with Crippen molar-refractivity contribution in [3.63, 3.8) is 0 Å². The summed E-state index contributed by atoms with van der Waals surface area (Å²) in [7, 11) is 0. The smallest absolute Gasteiger partial charge is 0.226 e. The van der Waals surface area contributed by atoms with E-state index >= 15 is 0 Å². The topological polar surface area (TPSA) is 67.2 Å². The SMILES string of the molecule is CC(C)C(C)n1nccc1NC(=O)CC12CC3CC(CC(O)(C3)C1)C2. The Morgan fingerprint density at radius 3 is 2.60 bits per heavy atom. The molecule has 2 N–H and O–H groups in total. The fourth-order valence-electron chi connectivity index (χ4n) is 6.16. The third kappa shape index (κ3) is 3.12. The summed E-state index contributed by atoms with van der Waals surface area (Å²) >= 11 is 0. The van der Waals surface area contributed by atoms with Crippen molar-refractivity contribution in [1.82, 2.24) is 9.78 Å². The molecule has 5 heteroatoms. The summed E-state index contributed by atoms with van der Waals surface area (Å²) in [5, 5.41) is 18.4. The number of hydrogen-bond donors (Lipinski definition) is 2. The largest absolute Gasteiger partial charge is 0.390 e. The first-order valence-electron chi connectivity index (χ1n) is 9.83. The van der Waals surface area contributed by atoms with E-state index in [1.165, 1.54) is 6.42 Å². The van der Waals surface area contributed by atoms with Crippen LogP contribution in [0.25, 0.3) is 0 Å². The summed E-state index contributed by atoms with van der Waals surface area (Å²) in [5.41, 5.74) is -0.490. The van der Waals surface area contributed by atoms with E-state index in [9.17, 15) is 9.90 Å². The van der Waals surface area contributed by atoms with Gasteiger partial charge in [-0.1, -0.05) is 13.8 Å². The molecular formula is C20H31N3O2. The molecule has 4 aliphatic carbocycles. The van der Waals surface area contributed by atoms with Crippen LogP contribution in [0.3, 0.4) is 0 Å². The lowest BCUT2D eigenvalue weighted by atomic mass is 9.47. The van der Waals surface area contributed by atoms with Gasteiger partial charge in [0.1, 0.15) is 5.82 Å². The monoisotopic (exact) mass is 345 g/mol. The molecule has 25 heavy (non-hydrogen) atoms. The highest BCUT2D eigenvalue weighted by Crippen LogP contribution is 2.62. The minimum absolute atomic E-state index is 0.0113. The van der Waals surface area contributed by atoms with E-state index in [4.69, 9.17) is 0 Å². The van der Waals surface area contributed by atoms with Gasteiger partial charge in [-0.2, -0.15) is 5.10 Å². The van der Waals surface area contributed by atoms with Gasteiger partial charge in [-0.3, -0.25) is 4.79 Å². The first kappa shape index (κ1) is 17.1. The van der Waals surface area contributed by atoms with Crippen molar-refractivity contribution >= 4 is 11.7 Å². The molecule has 1 aromatic heterocycles. The lowest BCUT2D eigenvalue weighted by Crippen LogP contribution is -2.56. The zero-order valence-corrected chi connectivity index (χ0v) is 15.7. The Labute approximate surface area is 150 Å². The lowest BCUT2D eigenvalue weighted by Gasteiger charge is -2.60. The van der Waals surface area contributed by atoms with E-state index in [2.05, 4.69) is 31.2 Å². The number of aliphatic hydroxyl groups is 1. The highest BCUT2D eigenvalue weighted by Gasteiger charge is 2.57. The van der Waals surface area contributed by atoms with Crippen LogP contribution < -0.4 is 5.32 Å². The summed E-state index contributed by atoms with van der Waals surface area (Å²) in [6.07, 6.45) is 8.47. The minimum Gasteiger partial charge on any atom is -0.390 e. The number of hydrogen-bond acceptors (Lipinski definition) is 3. The van der Waals surface area contributed by atoms with Gasteiger partial charge in [0.05, 0.1) is 17.8 Å². The molecule has 0 radical (unpaired) electrons. The quantitative estimate of drug-likeness (QED) is 0.854. The second-order valence-electron chi connectivity index (χ2n) is 9.56. The van der Waals surface area contributed by atoms with Crippen LogP contribution in [0.2, 0.25) is 0 Å². The van der Waals surface area contributed by atoms with Gasteiger partial charge in [0.15, 0.2) is 0 Å². The van der Waals surface area contributed by atoms with E-state index in [1.807, 2.05) is 10.7 Å². The second-order valence-corrected chi connectivity index (χ2v) is 9.56. The first-order chi connectivity index (χ1) is 11.8. The Morgan fingerprint density at radius 1 is 1.32 bits per heavy atom. The fraction of sp³-hybridized carbons (Fsp3) is 0.800. The number of anilines is 1. The van der Waals surface area contributed by atoms with Crippen LogP contribution in [-0.2, 0) is 4.79 Å². The summed E-state index contributed by atoms with van der Waals surface area (Å²) in [6.45, 7) is 6.45. The Balaban J connectivity index is 1.46. The molecule has 0 spiro atoms. The molecule has 4 bridgehead atoms. The first-order valence-corrected chi connectivity index (χ1v) is 9.83. The minimum atomic E-state index is -0.502. The number of carbonyl (C=O) groups excluding carboxylic acids is 1. The molecule has 5 rings (SSSR count). The van der Waals surface area contributed by atoms with Crippen molar-refractivity contribution in [3.8, 4) is 0 Å². The number of rotatable bonds is 5. The van der Waals surface area contributed by atoms with Crippen LogP contribution in [0.15, 0.2) is 12.3 Å². The van der Waals surface area contributed by atoms with E-state index in [-0.39, 0.29) is 17.4 Å². The van der Waals surface area contributed by atoms with Crippen molar-refractivity contribution in [3.05, 3.63) is 12.3 Å². The van der Waals surface area contributed by atoms with Crippen molar-refractivity contribution in [1.29, 1.82) is 0 Å². The molecule has 3 atom stereocenters. The average Bonchev–Trinajstić information content (AvgIpc) is 2.90. The molecule has 3 unspecified atom stereocenters. The van der Waals surface area contributed by atoms with Gasteiger partial charge in [-0.25, -0.2) is 4.68 Å². The predicted molar refractivity (Wildman–Crippen MR) is 97.1 cm³/mol. The number of amides is 1. The molecule has 0 aliphatic heterocycles. The van der Waals surface area contributed by atoms with Crippen LogP contribution >= 0.6 is 0 Å². The normalized spacial score (nSPS) is 37.5. The Hall–Kier alpha value is -1.36. The van der Waals surface area contributed by atoms with Crippen molar-refractivity contribution in [2.24, 2.45) is 23.2 Å². The van der Waals surface area contributed by atoms with Gasteiger partial charge in [-0.15, -0.1) is 0 Å². The number of carbonyl (C=O) groups is 1. The maximum atomic E-state index is 12.8. The van der Waals surface area contributed by atoms with Gasteiger partial charge in [0.2, 0.25) is 5.91 Å². The fourth-order valence-corrected chi connectivity index (χ4v) is 6.16. The highest BCUT2D eigenvalue weighted by molar-refractivity contribution is 5.90. The van der Waals surface area contributed by atoms with Crippen molar-refractivity contribution in [2.45, 2.75) is 77.4 Å². The molecule has 4 aliphatic rings. The van der Waals surface area contributed by atoms with E-state index in [0.29, 0.717) is 24.2 Å². The maximum absolute atomic E-state index is 12.8.